The Balaban J connectivity index is 2.00. The van der Waals surface area contributed by atoms with Gasteiger partial charge in [0.2, 0.25) is 0 Å². The Bertz CT molecular complexity index is 804. The topological polar surface area (TPSA) is 28.7 Å². The molecule has 0 unspecified atom stereocenters. The van der Waals surface area contributed by atoms with Crippen molar-refractivity contribution in [1.82, 2.24) is 9.97 Å². The summed E-state index contributed by atoms with van der Waals surface area (Å²) in [5.41, 5.74) is 3.48. The van der Waals surface area contributed by atoms with Crippen LogP contribution in [0.3, 0.4) is 0 Å². The number of H-pyrrole nitrogens is 1. The average Bonchev–Trinajstić information content (AvgIpc) is 2.82. The van der Waals surface area contributed by atoms with E-state index in [1.807, 2.05) is 49.4 Å². The van der Waals surface area contributed by atoms with E-state index in [0.717, 1.165) is 33.4 Å². The Morgan fingerprint density at radius 3 is 2.23 bits per heavy atom. The van der Waals surface area contributed by atoms with Gasteiger partial charge in [-0.25, -0.2) is 4.98 Å². The van der Waals surface area contributed by atoms with Gasteiger partial charge in [0.05, 0.1) is 15.7 Å². The van der Waals surface area contributed by atoms with Crippen molar-refractivity contribution >= 4 is 34.8 Å². The Morgan fingerprint density at radius 2 is 1.55 bits per heavy atom. The van der Waals surface area contributed by atoms with E-state index in [-0.39, 0.29) is 0 Å². The smallest absolute Gasteiger partial charge is 0.111 e. The third-order valence-electron chi connectivity index (χ3n) is 3.45. The molecule has 1 N–H and O–H groups in total. The first-order valence-corrected chi connectivity index (χ1v) is 7.93. The lowest BCUT2D eigenvalue weighted by Gasteiger charge is -2.04. The van der Waals surface area contributed by atoms with Crippen LogP contribution in [0, 0.1) is 6.92 Å². The molecule has 0 saturated heterocycles. The molecule has 0 spiro atoms. The molecular formula is C17H13Cl3N2. The summed E-state index contributed by atoms with van der Waals surface area (Å²) >= 11 is 18.7. The molecule has 0 aliphatic carbocycles. The molecule has 3 aromatic rings. The lowest BCUT2D eigenvalue weighted by molar-refractivity contribution is 1.02. The highest BCUT2D eigenvalue weighted by molar-refractivity contribution is 6.39. The number of aromatic nitrogens is 2. The van der Waals surface area contributed by atoms with Crippen molar-refractivity contribution in [2.45, 2.75) is 13.3 Å². The lowest BCUT2D eigenvalue weighted by atomic mass is 10.1. The Labute approximate surface area is 144 Å². The van der Waals surface area contributed by atoms with Crippen molar-refractivity contribution in [2.75, 3.05) is 0 Å². The molecule has 3 rings (SSSR count). The molecule has 22 heavy (non-hydrogen) atoms. The Hall–Kier alpha value is -1.48. The molecule has 112 valence electrons. The molecule has 0 atom stereocenters. The van der Waals surface area contributed by atoms with Crippen molar-refractivity contribution in [3.05, 3.63) is 74.6 Å². The largest absolute Gasteiger partial charge is 0.345 e. The van der Waals surface area contributed by atoms with Crippen LogP contribution < -0.4 is 0 Å². The minimum Gasteiger partial charge on any atom is -0.345 e. The number of rotatable bonds is 3. The fraction of sp³-hybridized carbons (Fsp3) is 0.118. The summed E-state index contributed by atoms with van der Waals surface area (Å²) in [6, 6.07) is 13.2. The van der Waals surface area contributed by atoms with Gasteiger partial charge in [0.1, 0.15) is 5.82 Å². The Morgan fingerprint density at radius 1 is 0.909 bits per heavy atom. The highest BCUT2D eigenvalue weighted by atomic mass is 35.5. The van der Waals surface area contributed by atoms with Crippen LogP contribution in [0.2, 0.25) is 15.1 Å². The first-order chi connectivity index (χ1) is 10.6. The molecule has 0 fully saturated rings. The average molecular weight is 352 g/mol. The molecule has 0 radical (unpaired) electrons. The SMILES string of the molecule is Cc1[nH]c(Cc2ccccc2Cl)nc1-c1c(Cl)cccc1Cl. The van der Waals surface area contributed by atoms with Crippen LogP contribution in [0.5, 0.6) is 0 Å². The molecule has 0 aliphatic heterocycles. The second kappa shape index (κ2) is 6.33. The highest BCUT2D eigenvalue weighted by Gasteiger charge is 2.15. The van der Waals surface area contributed by atoms with Gasteiger partial charge in [0, 0.05) is 22.7 Å². The standard InChI is InChI=1S/C17H13Cl3N2/c1-10-17(16-13(19)7-4-8-14(16)20)22-15(21-10)9-11-5-2-3-6-12(11)18/h2-8H,9H2,1H3,(H,21,22). The predicted octanol–water partition coefficient (Wildman–Crippen LogP) is 5.94. The maximum atomic E-state index is 6.27. The van der Waals surface area contributed by atoms with Crippen LogP contribution in [0.25, 0.3) is 11.3 Å². The third kappa shape index (κ3) is 3.00. The van der Waals surface area contributed by atoms with Gasteiger partial charge < -0.3 is 4.98 Å². The van der Waals surface area contributed by atoms with Crippen LogP contribution >= 0.6 is 34.8 Å². The van der Waals surface area contributed by atoms with Crippen LogP contribution in [0.15, 0.2) is 42.5 Å². The molecule has 2 aromatic carbocycles. The number of aryl methyl sites for hydroxylation is 1. The number of nitrogens with zero attached hydrogens (tertiary/aromatic N) is 1. The Kier molecular flexibility index (Phi) is 4.44. The molecule has 0 aliphatic rings. The van der Waals surface area contributed by atoms with E-state index in [1.165, 1.54) is 0 Å². The van der Waals surface area contributed by atoms with Gasteiger partial charge in [-0.3, -0.25) is 0 Å². The predicted molar refractivity (Wildman–Crippen MR) is 93.0 cm³/mol. The lowest BCUT2D eigenvalue weighted by Crippen LogP contribution is -1.92. The fourth-order valence-electron chi connectivity index (χ4n) is 2.40. The molecule has 0 bridgehead atoms. The third-order valence-corrected chi connectivity index (χ3v) is 4.45. The van der Waals surface area contributed by atoms with Gasteiger partial charge in [-0.2, -0.15) is 0 Å². The summed E-state index contributed by atoms with van der Waals surface area (Å²) in [5, 5.41) is 1.91. The number of halogens is 3. The molecular weight excluding hydrogens is 339 g/mol. The molecule has 2 nitrogen and oxygen atoms in total. The quantitative estimate of drug-likeness (QED) is 0.622. The van der Waals surface area contributed by atoms with E-state index in [1.54, 1.807) is 0 Å². The second-order valence-corrected chi connectivity index (χ2v) is 6.24. The van der Waals surface area contributed by atoms with Crippen LogP contribution in [0.4, 0.5) is 0 Å². The monoisotopic (exact) mass is 350 g/mol. The van der Waals surface area contributed by atoms with E-state index in [0.29, 0.717) is 16.5 Å². The highest BCUT2D eigenvalue weighted by Crippen LogP contribution is 2.35. The number of hydrogen-bond donors (Lipinski definition) is 1. The van der Waals surface area contributed by atoms with Gasteiger partial charge in [-0.15, -0.1) is 0 Å². The van der Waals surface area contributed by atoms with E-state index in [2.05, 4.69) is 9.97 Å². The fourth-order valence-corrected chi connectivity index (χ4v) is 3.17. The second-order valence-electron chi connectivity index (χ2n) is 5.02. The zero-order chi connectivity index (χ0) is 15.7. The first kappa shape index (κ1) is 15.4. The van der Waals surface area contributed by atoms with Gasteiger partial charge in [-0.1, -0.05) is 59.1 Å². The van der Waals surface area contributed by atoms with Crippen molar-refractivity contribution < 1.29 is 0 Å². The maximum absolute atomic E-state index is 6.27. The summed E-state index contributed by atoms with van der Waals surface area (Å²) in [6.45, 7) is 1.96. The van der Waals surface area contributed by atoms with Gasteiger partial charge in [0.25, 0.3) is 0 Å². The summed E-state index contributed by atoms with van der Waals surface area (Å²) in [7, 11) is 0. The normalized spacial score (nSPS) is 10.9. The minimum absolute atomic E-state index is 0.589. The summed E-state index contributed by atoms with van der Waals surface area (Å²) in [5.74, 6) is 0.830. The summed E-state index contributed by atoms with van der Waals surface area (Å²) in [4.78, 5) is 7.94. The number of nitrogens with one attached hydrogen (secondary N) is 1. The molecule has 1 aromatic heterocycles. The number of imidazole rings is 1. The van der Waals surface area contributed by atoms with E-state index < -0.39 is 0 Å². The van der Waals surface area contributed by atoms with Crippen molar-refractivity contribution in [3.8, 4) is 11.3 Å². The van der Waals surface area contributed by atoms with E-state index >= 15 is 0 Å². The van der Waals surface area contributed by atoms with Gasteiger partial charge in [0.15, 0.2) is 0 Å². The number of aromatic amines is 1. The number of hydrogen-bond acceptors (Lipinski definition) is 1. The van der Waals surface area contributed by atoms with E-state index in [4.69, 9.17) is 34.8 Å². The molecule has 0 saturated carbocycles. The minimum atomic E-state index is 0.589. The molecule has 1 heterocycles. The van der Waals surface area contributed by atoms with Crippen LogP contribution in [0.1, 0.15) is 17.1 Å². The first-order valence-electron chi connectivity index (χ1n) is 6.79. The van der Waals surface area contributed by atoms with Gasteiger partial charge >= 0.3 is 0 Å². The maximum Gasteiger partial charge on any atom is 0.111 e. The van der Waals surface area contributed by atoms with Crippen LogP contribution in [-0.4, -0.2) is 9.97 Å². The summed E-state index contributed by atoms with van der Waals surface area (Å²) in [6.07, 6.45) is 0.628. The molecule has 5 heteroatoms. The zero-order valence-corrected chi connectivity index (χ0v) is 14.1. The van der Waals surface area contributed by atoms with Crippen LogP contribution in [-0.2, 0) is 6.42 Å². The molecule has 0 amide bonds. The van der Waals surface area contributed by atoms with Crippen molar-refractivity contribution in [1.29, 1.82) is 0 Å². The van der Waals surface area contributed by atoms with Gasteiger partial charge in [-0.05, 0) is 30.7 Å². The van der Waals surface area contributed by atoms with E-state index in [9.17, 15) is 0 Å². The number of benzene rings is 2. The summed E-state index contributed by atoms with van der Waals surface area (Å²) < 4.78 is 0. The van der Waals surface area contributed by atoms with Crippen molar-refractivity contribution in [2.24, 2.45) is 0 Å². The zero-order valence-electron chi connectivity index (χ0n) is 11.8. The van der Waals surface area contributed by atoms with Crippen molar-refractivity contribution in [3.63, 3.8) is 0 Å².